The molecular formula is C15H24N2O3S. The SMILES string of the molecule is CCS(=O)(=O)c1ccc(NC(=O)CCC(C)CCN)cc1. The van der Waals surface area contributed by atoms with Gasteiger partial charge in [-0.05, 0) is 49.6 Å². The number of hydrogen-bond donors (Lipinski definition) is 2. The Bertz CT molecular complexity index is 553. The Morgan fingerprint density at radius 2 is 1.86 bits per heavy atom. The van der Waals surface area contributed by atoms with Crippen molar-refractivity contribution in [3.05, 3.63) is 24.3 Å². The van der Waals surface area contributed by atoms with Crippen LogP contribution in [-0.2, 0) is 14.6 Å². The minimum atomic E-state index is -3.20. The maximum absolute atomic E-state index is 11.8. The number of rotatable bonds is 8. The Balaban J connectivity index is 2.54. The molecule has 1 atom stereocenters. The molecule has 0 aliphatic rings. The maximum Gasteiger partial charge on any atom is 0.224 e. The monoisotopic (exact) mass is 312 g/mol. The second-order valence-electron chi connectivity index (χ2n) is 5.20. The summed E-state index contributed by atoms with van der Waals surface area (Å²) in [5.74, 6) is 0.431. The van der Waals surface area contributed by atoms with Crippen LogP contribution in [0.1, 0.15) is 33.1 Å². The molecule has 5 nitrogen and oxygen atoms in total. The van der Waals surface area contributed by atoms with Crippen molar-refractivity contribution in [2.45, 2.75) is 38.0 Å². The normalized spacial score (nSPS) is 12.9. The Morgan fingerprint density at radius 3 is 2.38 bits per heavy atom. The molecule has 3 N–H and O–H groups in total. The van der Waals surface area contributed by atoms with Gasteiger partial charge in [-0.1, -0.05) is 13.8 Å². The van der Waals surface area contributed by atoms with Crippen LogP contribution in [0.4, 0.5) is 5.69 Å². The van der Waals surface area contributed by atoms with Crippen LogP contribution in [-0.4, -0.2) is 26.6 Å². The molecule has 118 valence electrons. The summed E-state index contributed by atoms with van der Waals surface area (Å²) in [5.41, 5.74) is 6.08. The quantitative estimate of drug-likeness (QED) is 0.770. The number of sulfone groups is 1. The van der Waals surface area contributed by atoms with Crippen molar-refractivity contribution in [1.29, 1.82) is 0 Å². The lowest BCUT2D eigenvalue weighted by Gasteiger charge is -2.10. The summed E-state index contributed by atoms with van der Waals surface area (Å²) in [6.45, 7) is 4.31. The zero-order valence-electron chi connectivity index (χ0n) is 12.6. The van der Waals surface area contributed by atoms with Crippen LogP contribution in [0.15, 0.2) is 29.2 Å². The number of amides is 1. The number of hydrogen-bond acceptors (Lipinski definition) is 4. The van der Waals surface area contributed by atoms with E-state index in [9.17, 15) is 13.2 Å². The van der Waals surface area contributed by atoms with Crippen LogP contribution in [0, 0.1) is 5.92 Å². The van der Waals surface area contributed by atoms with Gasteiger partial charge in [-0.2, -0.15) is 0 Å². The average Bonchev–Trinajstić information content (AvgIpc) is 2.46. The first-order valence-corrected chi connectivity index (χ1v) is 8.87. The van der Waals surface area contributed by atoms with E-state index in [2.05, 4.69) is 12.2 Å². The van der Waals surface area contributed by atoms with E-state index >= 15 is 0 Å². The smallest absolute Gasteiger partial charge is 0.224 e. The summed E-state index contributed by atoms with van der Waals surface area (Å²) in [5, 5.41) is 2.77. The highest BCUT2D eigenvalue weighted by molar-refractivity contribution is 7.91. The molecule has 21 heavy (non-hydrogen) atoms. The molecular weight excluding hydrogens is 288 g/mol. The first kappa shape index (κ1) is 17.7. The van der Waals surface area contributed by atoms with Crippen molar-refractivity contribution < 1.29 is 13.2 Å². The molecule has 6 heteroatoms. The second-order valence-corrected chi connectivity index (χ2v) is 7.48. The third-order valence-corrected chi connectivity index (χ3v) is 5.15. The van der Waals surface area contributed by atoms with Gasteiger partial charge in [0.25, 0.3) is 0 Å². The lowest BCUT2D eigenvalue weighted by molar-refractivity contribution is -0.116. The molecule has 0 aromatic heterocycles. The first-order chi connectivity index (χ1) is 9.89. The summed E-state index contributed by atoms with van der Waals surface area (Å²) in [6.07, 6.45) is 2.15. The van der Waals surface area contributed by atoms with Gasteiger partial charge in [0.15, 0.2) is 9.84 Å². The number of anilines is 1. The fraction of sp³-hybridized carbons (Fsp3) is 0.533. The molecule has 0 heterocycles. The van der Waals surface area contributed by atoms with Crippen molar-refractivity contribution in [3.63, 3.8) is 0 Å². The van der Waals surface area contributed by atoms with Crippen LogP contribution in [0.3, 0.4) is 0 Å². The van der Waals surface area contributed by atoms with Crippen LogP contribution >= 0.6 is 0 Å². The van der Waals surface area contributed by atoms with Gasteiger partial charge < -0.3 is 11.1 Å². The standard InChI is InChI=1S/C15H24N2O3S/c1-3-21(19,20)14-7-5-13(6-8-14)17-15(18)9-4-12(2)10-11-16/h5-8,12H,3-4,9-11,16H2,1-2H3,(H,17,18). The van der Waals surface area contributed by atoms with Crippen molar-refractivity contribution in [1.82, 2.24) is 0 Å². The zero-order valence-corrected chi connectivity index (χ0v) is 13.4. The fourth-order valence-electron chi connectivity index (χ4n) is 1.94. The molecule has 1 unspecified atom stereocenters. The van der Waals surface area contributed by atoms with E-state index < -0.39 is 9.84 Å². The average molecular weight is 312 g/mol. The first-order valence-electron chi connectivity index (χ1n) is 7.21. The molecule has 1 rings (SSSR count). The van der Waals surface area contributed by atoms with Crippen molar-refractivity contribution in [2.75, 3.05) is 17.6 Å². The summed E-state index contributed by atoms with van der Waals surface area (Å²) in [4.78, 5) is 12.1. The van der Waals surface area contributed by atoms with E-state index in [1.54, 1.807) is 19.1 Å². The molecule has 0 aliphatic carbocycles. The predicted molar refractivity (Wildman–Crippen MR) is 84.9 cm³/mol. The molecule has 1 aromatic rings. The largest absolute Gasteiger partial charge is 0.330 e. The van der Waals surface area contributed by atoms with E-state index in [1.165, 1.54) is 12.1 Å². The van der Waals surface area contributed by atoms with Crippen LogP contribution in [0.2, 0.25) is 0 Å². The van der Waals surface area contributed by atoms with E-state index in [0.29, 0.717) is 24.6 Å². The number of nitrogens with two attached hydrogens (primary N) is 1. The molecule has 1 amide bonds. The van der Waals surface area contributed by atoms with Crippen molar-refractivity contribution >= 4 is 21.4 Å². The molecule has 0 aliphatic heterocycles. The second kappa shape index (κ2) is 8.14. The summed E-state index contributed by atoms with van der Waals surface area (Å²) in [6, 6.07) is 6.27. The predicted octanol–water partition coefficient (Wildman–Crippen LogP) is 2.18. The third kappa shape index (κ3) is 5.85. The summed E-state index contributed by atoms with van der Waals surface area (Å²) in [7, 11) is -3.20. The topological polar surface area (TPSA) is 89.3 Å². The fourth-order valence-corrected chi connectivity index (χ4v) is 2.83. The summed E-state index contributed by atoms with van der Waals surface area (Å²) >= 11 is 0. The van der Waals surface area contributed by atoms with Gasteiger partial charge in [0.05, 0.1) is 10.6 Å². The highest BCUT2D eigenvalue weighted by Gasteiger charge is 2.11. The Kier molecular flexibility index (Phi) is 6.84. The minimum Gasteiger partial charge on any atom is -0.330 e. The van der Waals surface area contributed by atoms with Gasteiger partial charge in [-0.15, -0.1) is 0 Å². The molecule has 0 saturated carbocycles. The summed E-state index contributed by atoms with van der Waals surface area (Å²) < 4.78 is 23.4. The van der Waals surface area contributed by atoms with Gasteiger partial charge >= 0.3 is 0 Å². The van der Waals surface area contributed by atoms with Gasteiger partial charge in [0, 0.05) is 12.1 Å². The molecule has 0 fully saturated rings. The molecule has 1 aromatic carbocycles. The van der Waals surface area contributed by atoms with Crippen molar-refractivity contribution in [2.24, 2.45) is 11.7 Å². The number of carbonyl (C=O) groups excluding carboxylic acids is 1. The molecule has 0 saturated heterocycles. The number of benzene rings is 1. The van der Waals surface area contributed by atoms with E-state index in [4.69, 9.17) is 5.73 Å². The van der Waals surface area contributed by atoms with E-state index in [0.717, 1.165) is 12.8 Å². The molecule has 0 bridgehead atoms. The van der Waals surface area contributed by atoms with E-state index in [1.807, 2.05) is 0 Å². The molecule has 0 spiro atoms. The third-order valence-electron chi connectivity index (χ3n) is 3.40. The Labute approximate surface area is 126 Å². The Hall–Kier alpha value is -1.40. The highest BCUT2D eigenvalue weighted by Crippen LogP contribution is 2.16. The number of nitrogens with one attached hydrogen (secondary N) is 1. The van der Waals surface area contributed by atoms with Crippen molar-refractivity contribution in [3.8, 4) is 0 Å². The minimum absolute atomic E-state index is 0.0648. The lowest BCUT2D eigenvalue weighted by atomic mass is 10.0. The number of carbonyl (C=O) groups is 1. The van der Waals surface area contributed by atoms with Crippen LogP contribution in [0.5, 0.6) is 0 Å². The van der Waals surface area contributed by atoms with Gasteiger partial charge in [-0.3, -0.25) is 4.79 Å². The Morgan fingerprint density at radius 1 is 1.24 bits per heavy atom. The van der Waals surface area contributed by atoms with Crippen LogP contribution in [0.25, 0.3) is 0 Å². The lowest BCUT2D eigenvalue weighted by Crippen LogP contribution is -2.14. The highest BCUT2D eigenvalue weighted by atomic mass is 32.2. The van der Waals surface area contributed by atoms with Gasteiger partial charge in [-0.25, -0.2) is 8.42 Å². The molecule has 0 radical (unpaired) electrons. The zero-order chi connectivity index (χ0) is 15.9. The van der Waals surface area contributed by atoms with E-state index in [-0.39, 0.29) is 16.6 Å². The van der Waals surface area contributed by atoms with Crippen LogP contribution < -0.4 is 11.1 Å². The maximum atomic E-state index is 11.8. The van der Waals surface area contributed by atoms with Gasteiger partial charge in [0.1, 0.15) is 0 Å². The van der Waals surface area contributed by atoms with Gasteiger partial charge in [0.2, 0.25) is 5.91 Å².